The van der Waals surface area contributed by atoms with Crippen LogP contribution in [0, 0.1) is 5.82 Å². The van der Waals surface area contributed by atoms with E-state index in [1.54, 1.807) is 18.3 Å². The summed E-state index contributed by atoms with van der Waals surface area (Å²) in [6.07, 6.45) is 4.32. The number of hydrogen-bond acceptors (Lipinski definition) is 6. The number of benzene rings is 1. The molecule has 2 bridgehead atoms. The minimum Gasteiger partial charge on any atom is -0.351 e. The lowest BCUT2D eigenvalue weighted by atomic mass is 10.2. The lowest BCUT2D eigenvalue weighted by molar-refractivity contribution is 0.576. The number of fused-ring (bicyclic) bond motifs is 3. The second-order valence-electron chi connectivity index (χ2n) is 6.66. The monoisotopic (exact) mass is 370 g/mol. The molecule has 2 aliphatic heterocycles. The molecule has 2 aliphatic rings. The van der Waals surface area contributed by atoms with Gasteiger partial charge in [0.15, 0.2) is 5.82 Å². The van der Waals surface area contributed by atoms with Gasteiger partial charge in [-0.2, -0.15) is 0 Å². The first kappa shape index (κ1) is 15.7. The summed E-state index contributed by atoms with van der Waals surface area (Å²) in [7, 11) is 0. The molecule has 0 radical (unpaired) electrons. The molecule has 2 atom stereocenters. The molecular formula is C18H16ClFN6. The van der Waals surface area contributed by atoms with Crippen LogP contribution in [0.2, 0.25) is 5.02 Å². The second-order valence-corrected chi connectivity index (χ2v) is 7.06. The van der Waals surface area contributed by atoms with E-state index < -0.39 is 5.82 Å². The summed E-state index contributed by atoms with van der Waals surface area (Å²) in [4.78, 5) is 15.5. The van der Waals surface area contributed by atoms with Crippen LogP contribution in [0.3, 0.4) is 0 Å². The summed E-state index contributed by atoms with van der Waals surface area (Å²) in [5, 5.41) is 7.39. The van der Waals surface area contributed by atoms with Crippen LogP contribution in [0.1, 0.15) is 6.42 Å². The van der Waals surface area contributed by atoms with Gasteiger partial charge < -0.3 is 15.5 Å². The predicted octanol–water partition coefficient (Wildman–Crippen LogP) is 3.11. The molecule has 6 nitrogen and oxygen atoms in total. The quantitative estimate of drug-likeness (QED) is 0.738. The largest absolute Gasteiger partial charge is 0.351 e. The summed E-state index contributed by atoms with van der Waals surface area (Å²) < 4.78 is 14.2. The Morgan fingerprint density at radius 1 is 1.27 bits per heavy atom. The van der Waals surface area contributed by atoms with Gasteiger partial charge in [0, 0.05) is 30.6 Å². The van der Waals surface area contributed by atoms with Crippen molar-refractivity contribution < 1.29 is 4.39 Å². The first-order valence-electron chi connectivity index (χ1n) is 8.51. The van der Waals surface area contributed by atoms with E-state index >= 15 is 0 Å². The molecule has 26 heavy (non-hydrogen) atoms. The third-order valence-corrected chi connectivity index (χ3v) is 5.35. The fraction of sp³-hybridized carbons (Fsp3) is 0.278. The maximum atomic E-state index is 14.2. The normalized spacial score (nSPS) is 21.5. The number of aromatic nitrogens is 3. The van der Waals surface area contributed by atoms with Gasteiger partial charge in [-0.1, -0.05) is 17.7 Å². The van der Waals surface area contributed by atoms with Crippen molar-refractivity contribution >= 4 is 39.8 Å². The highest BCUT2D eigenvalue weighted by Crippen LogP contribution is 2.32. The fourth-order valence-electron chi connectivity index (χ4n) is 3.77. The Bertz CT molecular complexity index is 997. The summed E-state index contributed by atoms with van der Waals surface area (Å²) in [5.74, 6) is 0.927. The van der Waals surface area contributed by atoms with E-state index in [2.05, 4.69) is 30.5 Å². The molecule has 2 saturated heterocycles. The molecule has 0 aliphatic carbocycles. The zero-order valence-corrected chi connectivity index (χ0v) is 14.5. The molecule has 0 spiro atoms. The lowest BCUT2D eigenvalue weighted by Crippen LogP contribution is -2.43. The average molecular weight is 371 g/mol. The number of anilines is 3. The zero-order chi connectivity index (χ0) is 17.7. The van der Waals surface area contributed by atoms with Crippen LogP contribution >= 0.6 is 11.6 Å². The van der Waals surface area contributed by atoms with Crippen molar-refractivity contribution in [3.8, 4) is 0 Å². The first-order chi connectivity index (χ1) is 12.7. The second kappa shape index (κ2) is 6.03. The van der Waals surface area contributed by atoms with Crippen LogP contribution in [-0.2, 0) is 0 Å². The third kappa shape index (κ3) is 2.55. The Kier molecular flexibility index (Phi) is 3.65. The van der Waals surface area contributed by atoms with Gasteiger partial charge in [0.2, 0.25) is 0 Å². The van der Waals surface area contributed by atoms with Gasteiger partial charge >= 0.3 is 0 Å². The number of hydrogen-bond donors (Lipinski definition) is 2. The smallest absolute Gasteiger partial charge is 0.165 e. The highest BCUT2D eigenvalue weighted by atomic mass is 35.5. The number of halogens is 2. The first-order valence-corrected chi connectivity index (χ1v) is 8.88. The molecule has 8 heteroatoms. The lowest BCUT2D eigenvalue weighted by Gasteiger charge is -2.28. The molecule has 5 rings (SSSR count). The van der Waals surface area contributed by atoms with E-state index in [0.29, 0.717) is 23.4 Å². The van der Waals surface area contributed by atoms with Gasteiger partial charge in [-0.3, -0.25) is 0 Å². The van der Waals surface area contributed by atoms with E-state index in [4.69, 9.17) is 11.6 Å². The van der Waals surface area contributed by atoms with Crippen molar-refractivity contribution in [3.05, 3.63) is 47.6 Å². The number of nitrogens with one attached hydrogen (secondary N) is 2. The van der Waals surface area contributed by atoms with Crippen LogP contribution in [0.4, 0.5) is 21.7 Å². The Labute approximate surface area is 154 Å². The number of rotatable bonds is 3. The maximum absolute atomic E-state index is 14.2. The Balaban J connectivity index is 1.55. The van der Waals surface area contributed by atoms with Crippen molar-refractivity contribution in [2.24, 2.45) is 0 Å². The molecule has 1 aromatic carbocycles. The van der Waals surface area contributed by atoms with Crippen LogP contribution in [0.15, 0.2) is 36.8 Å². The molecule has 0 saturated carbocycles. The highest BCUT2D eigenvalue weighted by Gasteiger charge is 2.38. The van der Waals surface area contributed by atoms with E-state index in [1.807, 2.05) is 6.07 Å². The SMILES string of the molecule is Fc1c(Cl)cccc1Nc1ncnc2cnc(N3C[C@@H]4C[C@H]3CN4)cc12. The van der Waals surface area contributed by atoms with E-state index in [-0.39, 0.29) is 10.7 Å². The van der Waals surface area contributed by atoms with Crippen LogP contribution in [0.25, 0.3) is 10.9 Å². The summed E-state index contributed by atoms with van der Waals surface area (Å²) in [5.41, 5.74) is 0.983. The molecule has 2 N–H and O–H groups in total. The molecule has 2 fully saturated rings. The number of nitrogens with zero attached hydrogens (tertiary/aromatic N) is 4. The van der Waals surface area contributed by atoms with E-state index in [1.165, 1.54) is 12.4 Å². The topological polar surface area (TPSA) is 66.0 Å². The fourth-order valence-corrected chi connectivity index (χ4v) is 3.95. The standard InChI is InChI=1S/C18H16ClFN6/c19-13-2-1-3-14(17(13)20)25-18-12-5-16(22-7-15(12)23-9-24-18)26-8-10-4-11(26)6-21-10/h1-3,5,7,9-11,21H,4,6,8H2,(H,23,24,25)/t10-,11-/m0/s1. The highest BCUT2D eigenvalue weighted by molar-refractivity contribution is 6.31. The Morgan fingerprint density at radius 2 is 2.19 bits per heavy atom. The summed E-state index contributed by atoms with van der Waals surface area (Å²) in [6.45, 7) is 1.93. The van der Waals surface area contributed by atoms with Crippen molar-refractivity contribution in [3.63, 3.8) is 0 Å². The van der Waals surface area contributed by atoms with Crippen molar-refractivity contribution in [1.29, 1.82) is 0 Å². The van der Waals surface area contributed by atoms with Crippen LogP contribution in [0.5, 0.6) is 0 Å². The molecule has 132 valence electrons. The van der Waals surface area contributed by atoms with Gasteiger partial charge in [-0.15, -0.1) is 0 Å². The molecule has 3 aromatic rings. The van der Waals surface area contributed by atoms with Gasteiger partial charge in [0.05, 0.1) is 22.4 Å². The molecule has 2 aromatic heterocycles. The summed E-state index contributed by atoms with van der Waals surface area (Å²) >= 11 is 5.88. The van der Waals surface area contributed by atoms with Crippen molar-refractivity contribution in [2.45, 2.75) is 18.5 Å². The van der Waals surface area contributed by atoms with Gasteiger partial charge in [0.1, 0.15) is 18.0 Å². The molecule has 4 heterocycles. The van der Waals surface area contributed by atoms with Gasteiger partial charge in [0.25, 0.3) is 0 Å². The minimum absolute atomic E-state index is 0.0660. The van der Waals surface area contributed by atoms with Crippen LogP contribution in [-0.4, -0.2) is 40.1 Å². The molecule has 0 amide bonds. The maximum Gasteiger partial charge on any atom is 0.165 e. The number of piperazine rings is 1. The predicted molar refractivity (Wildman–Crippen MR) is 99.6 cm³/mol. The van der Waals surface area contributed by atoms with Crippen molar-refractivity contribution in [2.75, 3.05) is 23.3 Å². The average Bonchev–Trinajstić information content (AvgIpc) is 3.29. The van der Waals surface area contributed by atoms with E-state index in [0.717, 1.165) is 30.7 Å². The Hall–Kier alpha value is -2.51. The van der Waals surface area contributed by atoms with Gasteiger partial charge in [-0.25, -0.2) is 19.3 Å². The summed E-state index contributed by atoms with van der Waals surface area (Å²) in [6, 6.07) is 7.80. The molecular weight excluding hydrogens is 355 g/mol. The number of pyridine rings is 1. The zero-order valence-electron chi connectivity index (χ0n) is 13.8. The minimum atomic E-state index is -0.502. The van der Waals surface area contributed by atoms with Crippen molar-refractivity contribution in [1.82, 2.24) is 20.3 Å². The Morgan fingerprint density at radius 3 is 3.00 bits per heavy atom. The van der Waals surface area contributed by atoms with Crippen LogP contribution < -0.4 is 15.5 Å². The third-order valence-electron chi connectivity index (χ3n) is 5.06. The van der Waals surface area contributed by atoms with E-state index in [9.17, 15) is 4.39 Å². The molecule has 0 unspecified atom stereocenters. The van der Waals surface area contributed by atoms with Gasteiger partial charge in [-0.05, 0) is 24.6 Å².